The molecule has 0 atom stereocenters. The molecule has 3 rings (SSSR count). The van der Waals surface area contributed by atoms with Crippen LogP contribution in [0.15, 0.2) is 24.3 Å². The van der Waals surface area contributed by atoms with Gasteiger partial charge in [-0.1, -0.05) is 0 Å². The van der Waals surface area contributed by atoms with E-state index < -0.39 is 35.3 Å². The highest BCUT2D eigenvalue weighted by Gasteiger charge is 2.21. The van der Waals surface area contributed by atoms with Gasteiger partial charge in [-0.25, -0.2) is 18.2 Å². The molecule has 1 aromatic carbocycles. The van der Waals surface area contributed by atoms with Crippen LogP contribution in [0.5, 0.6) is 0 Å². The fraction of sp³-hybridized carbons (Fsp3) is 0.312. The Hall–Kier alpha value is -2.12. The van der Waals surface area contributed by atoms with Crippen molar-refractivity contribution in [2.45, 2.75) is 6.61 Å². The Balaban J connectivity index is 2.04. The zero-order chi connectivity index (χ0) is 16.4. The van der Waals surface area contributed by atoms with Crippen LogP contribution in [0, 0.1) is 17.5 Å². The number of hydrogen-bond acceptors (Lipinski definition) is 4. The lowest BCUT2D eigenvalue weighted by molar-refractivity contribution is 0.122. The molecule has 0 amide bonds. The van der Waals surface area contributed by atoms with Crippen molar-refractivity contribution in [1.29, 1.82) is 0 Å². The molecule has 2 aromatic rings. The maximum absolute atomic E-state index is 14.4. The highest BCUT2D eigenvalue weighted by molar-refractivity contribution is 5.66. The molecule has 0 bridgehead atoms. The number of pyridine rings is 1. The predicted octanol–water partition coefficient (Wildman–Crippen LogP) is 2.49. The van der Waals surface area contributed by atoms with Crippen molar-refractivity contribution >= 4 is 5.69 Å². The molecular formula is C16H15F3N2O2. The van der Waals surface area contributed by atoms with Gasteiger partial charge in [0.2, 0.25) is 0 Å². The second-order valence-corrected chi connectivity index (χ2v) is 5.17. The number of aliphatic hydroxyl groups is 1. The van der Waals surface area contributed by atoms with Crippen molar-refractivity contribution in [3.05, 3.63) is 47.4 Å². The maximum atomic E-state index is 14.4. The van der Waals surface area contributed by atoms with Crippen LogP contribution in [0.1, 0.15) is 5.69 Å². The van der Waals surface area contributed by atoms with Gasteiger partial charge in [0.25, 0.3) is 0 Å². The number of nitrogens with zero attached hydrogens (tertiary/aromatic N) is 2. The molecular weight excluding hydrogens is 309 g/mol. The van der Waals surface area contributed by atoms with Gasteiger partial charge in [0.15, 0.2) is 0 Å². The molecule has 0 aliphatic carbocycles. The van der Waals surface area contributed by atoms with Crippen molar-refractivity contribution in [2.24, 2.45) is 0 Å². The third-order valence-electron chi connectivity index (χ3n) is 3.71. The molecule has 1 aliphatic heterocycles. The van der Waals surface area contributed by atoms with Gasteiger partial charge in [-0.15, -0.1) is 0 Å². The van der Waals surface area contributed by atoms with Crippen molar-refractivity contribution < 1.29 is 23.0 Å². The largest absolute Gasteiger partial charge is 0.390 e. The quantitative estimate of drug-likeness (QED) is 0.942. The van der Waals surface area contributed by atoms with E-state index >= 15 is 0 Å². The predicted molar refractivity (Wildman–Crippen MR) is 78.5 cm³/mol. The number of aliphatic hydroxyl groups excluding tert-OH is 1. The minimum absolute atomic E-state index is 0.137. The minimum atomic E-state index is -0.895. The van der Waals surface area contributed by atoms with Crippen molar-refractivity contribution in [3.63, 3.8) is 0 Å². The van der Waals surface area contributed by atoms with E-state index in [9.17, 15) is 13.2 Å². The van der Waals surface area contributed by atoms with E-state index in [4.69, 9.17) is 9.84 Å². The van der Waals surface area contributed by atoms with Crippen LogP contribution in [0.25, 0.3) is 11.3 Å². The first-order valence-corrected chi connectivity index (χ1v) is 7.18. The second kappa shape index (κ2) is 6.55. The molecule has 1 saturated heterocycles. The Morgan fingerprint density at radius 1 is 1.04 bits per heavy atom. The lowest BCUT2D eigenvalue weighted by Gasteiger charge is -2.29. The average molecular weight is 324 g/mol. The van der Waals surface area contributed by atoms with Gasteiger partial charge in [0.1, 0.15) is 23.1 Å². The highest BCUT2D eigenvalue weighted by Crippen LogP contribution is 2.31. The third kappa shape index (κ3) is 3.16. The molecule has 7 heteroatoms. The lowest BCUT2D eigenvalue weighted by Crippen LogP contribution is -2.36. The van der Waals surface area contributed by atoms with E-state index in [1.54, 1.807) is 4.90 Å². The average Bonchev–Trinajstić information content (AvgIpc) is 2.56. The SMILES string of the molecule is OCc1ccc(F)c(-c2c(F)cc(N3CCOCC3)cc2F)n1. The topological polar surface area (TPSA) is 45.6 Å². The molecule has 23 heavy (non-hydrogen) atoms. The zero-order valence-corrected chi connectivity index (χ0v) is 12.2. The minimum Gasteiger partial charge on any atom is -0.390 e. The molecule has 2 heterocycles. The summed E-state index contributed by atoms with van der Waals surface area (Å²) in [5.41, 5.74) is -0.460. The normalized spacial score (nSPS) is 15.0. The first-order valence-electron chi connectivity index (χ1n) is 7.18. The Morgan fingerprint density at radius 2 is 1.70 bits per heavy atom. The number of benzene rings is 1. The van der Waals surface area contributed by atoms with Crippen LogP contribution < -0.4 is 4.90 Å². The fourth-order valence-electron chi connectivity index (χ4n) is 2.54. The summed E-state index contributed by atoms with van der Waals surface area (Å²) in [6, 6.07) is 4.62. The van der Waals surface area contributed by atoms with Crippen molar-refractivity contribution in [3.8, 4) is 11.3 Å². The van der Waals surface area contributed by atoms with Crippen LogP contribution in [0.4, 0.5) is 18.9 Å². The van der Waals surface area contributed by atoms with Gasteiger partial charge in [-0.3, -0.25) is 0 Å². The summed E-state index contributed by atoms with van der Waals surface area (Å²) in [6.45, 7) is 1.59. The van der Waals surface area contributed by atoms with E-state index in [1.807, 2.05) is 0 Å². The fourth-order valence-corrected chi connectivity index (χ4v) is 2.54. The molecule has 1 fully saturated rings. The molecule has 0 saturated carbocycles. The molecule has 0 unspecified atom stereocenters. The van der Waals surface area contributed by atoms with Crippen molar-refractivity contribution in [1.82, 2.24) is 4.98 Å². The smallest absolute Gasteiger partial charge is 0.149 e. The number of anilines is 1. The molecule has 1 aromatic heterocycles. The molecule has 0 spiro atoms. The van der Waals surface area contributed by atoms with Gasteiger partial charge < -0.3 is 14.7 Å². The van der Waals surface area contributed by atoms with Crippen LogP contribution >= 0.6 is 0 Å². The van der Waals surface area contributed by atoms with Gasteiger partial charge in [-0.2, -0.15) is 0 Å². The number of aromatic nitrogens is 1. The number of rotatable bonds is 3. The van der Waals surface area contributed by atoms with E-state index in [0.717, 1.165) is 18.2 Å². The van der Waals surface area contributed by atoms with Crippen LogP contribution in [0.3, 0.4) is 0 Å². The van der Waals surface area contributed by atoms with Gasteiger partial charge >= 0.3 is 0 Å². The Labute approximate surface area is 131 Å². The summed E-state index contributed by atoms with van der Waals surface area (Å²) in [4.78, 5) is 5.59. The Bertz CT molecular complexity index is 695. The zero-order valence-electron chi connectivity index (χ0n) is 12.2. The Morgan fingerprint density at radius 3 is 2.30 bits per heavy atom. The van der Waals surface area contributed by atoms with Crippen molar-refractivity contribution in [2.75, 3.05) is 31.2 Å². The maximum Gasteiger partial charge on any atom is 0.149 e. The number of halogens is 3. The second-order valence-electron chi connectivity index (χ2n) is 5.17. The number of hydrogen-bond donors (Lipinski definition) is 1. The van der Waals surface area contributed by atoms with Crippen LogP contribution in [-0.2, 0) is 11.3 Å². The van der Waals surface area contributed by atoms with Gasteiger partial charge in [0.05, 0.1) is 31.1 Å². The van der Waals surface area contributed by atoms with E-state index in [2.05, 4.69) is 4.98 Å². The number of ether oxygens (including phenoxy) is 1. The molecule has 122 valence electrons. The van der Waals surface area contributed by atoms with Crippen LogP contribution in [0.2, 0.25) is 0 Å². The first kappa shape index (κ1) is 15.8. The van der Waals surface area contributed by atoms with Gasteiger partial charge in [0, 0.05) is 18.8 Å². The summed E-state index contributed by atoms with van der Waals surface area (Å²) in [5, 5.41) is 9.06. The summed E-state index contributed by atoms with van der Waals surface area (Å²) in [5.74, 6) is -2.64. The standard InChI is InChI=1S/C16H15F3N2O2/c17-12-2-1-10(9-22)20-16(12)15-13(18)7-11(8-14(15)19)21-3-5-23-6-4-21/h1-2,7-8,22H,3-6,9H2. The molecule has 1 aliphatic rings. The first-order chi connectivity index (χ1) is 11.1. The van der Waals surface area contributed by atoms with E-state index in [1.165, 1.54) is 6.07 Å². The summed E-state index contributed by atoms with van der Waals surface area (Å²) in [6.07, 6.45) is 0. The van der Waals surface area contributed by atoms with Gasteiger partial charge in [-0.05, 0) is 24.3 Å². The van der Waals surface area contributed by atoms with E-state index in [-0.39, 0.29) is 5.69 Å². The molecule has 0 radical (unpaired) electrons. The third-order valence-corrected chi connectivity index (χ3v) is 3.71. The lowest BCUT2D eigenvalue weighted by atomic mass is 10.1. The number of morpholine rings is 1. The Kier molecular flexibility index (Phi) is 4.49. The summed E-state index contributed by atoms with van der Waals surface area (Å²) < 4.78 is 47.9. The van der Waals surface area contributed by atoms with E-state index in [0.29, 0.717) is 32.0 Å². The summed E-state index contributed by atoms with van der Waals surface area (Å²) >= 11 is 0. The monoisotopic (exact) mass is 324 g/mol. The highest BCUT2D eigenvalue weighted by atomic mass is 19.1. The molecule has 1 N–H and O–H groups in total. The van der Waals surface area contributed by atoms with Crippen LogP contribution in [-0.4, -0.2) is 36.4 Å². The molecule has 4 nitrogen and oxygen atoms in total. The summed E-state index contributed by atoms with van der Waals surface area (Å²) in [7, 11) is 0.